The maximum absolute atomic E-state index is 11.9. The molecule has 70 valence electrons. The molecule has 0 aromatic rings. The van der Waals surface area contributed by atoms with E-state index in [1.807, 2.05) is 4.90 Å². The Morgan fingerprint density at radius 3 is 3.38 bits per heavy atom. The summed E-state index contributed by atoms with van der Waals surface area (Å²) in [5.74, 6) is 1.21. The van der Waals surface area contributed by atoms with Gasteiger partial charge in [-0.2, -0.15) is 0 Å². The number of hydrogen-bond donors (Lipinski definition) is 0. The number of amides is 1. The second-order valence-corrected chi connectivity index (χ2v) is 3.80. The van der Waals surface area contributed by atoms with E-state index in [-0.39, 0.29) is 18.1 Å². The summed E-state index contributed by atoms with van der Waals surface area (Å²) in [6.07, 6.45) is 2.69. The van der Waals surface area contributed by atoms with Crippen molar-refractivity contribution in [1.82, 2.24) is 4.90 Å². The SMILES string of the molecule is O=C1[C@H]2CCO[C@@H]2N=C2CCCN12. The van der Waals surface area contributed by atoms with Crippen LogP contribution in [0.2, 0.25) is 0 Å². The van der Waals surface area contributed by atoms with Gasteiger partial charge in [-0.05, 0) is 12.8 Å². The molecule has 4 heteroatoms. The minimum atomic E-state index is -0.156. The summed E-state index contributed by atoms with van der Waals surface area (Å²) in [7, 11) is 0. The zero-order valence-corrected chi connectivity index (χ0v) is 7.40. The number of rotatable bonds is 0. The van der Waals surface area contributed by atoms with Gasteiger partial charge in [-0.25, -0.2) is 4.99 Å². The van der Waals surface area contributed by atoms with E-state index < -0.39 is 0 Å². The van der Waals surface area contributed by atoms with Gasteiger partial charge in [0.15, 0.2) is 6.23 Å². The quantitative estimate of drug-likeness (QED) is 0.541. The van der Waals surface area contributed by atoms with Crippen LogP contribution >= 0.6 is 0 Å². The Bertz CT molecular complexity index is 287. The van der Waals surface area contributed by atoms with E-state index in [1.165, 1.54) is 0 Å². The minimum Gasteiger partial charge on any atom is -0.356 e. The third kappa shape index (κ3) is 0.950. The van der Waals surface area contributed by atoms with E-state index in [4.69, 9.17) is 4.74 Å². The Morgan fingerprint density at radius 2 is 2.46 bits per heavy atom. The van der Waals surface area contributed by atoms with Crippen molar-refractivity contribution in [3.8, 4) is 0 Å². The van der Waals surface area contributed by atoms with Crippen LogP contribution in [0.5, 0.6) is 0 Å². The molecule has 3 rings (SSSR count). The molecule has 2 atom stereocenters. The molecule has 3 heterocycles. The normalized spacial score (nSPS) is 37.4. The summed E-state index contributed by atoms with van der Waals surface area (Å²) < 4.78 is 5.40. The van der Waals surface area contributed by atoms with Gasteiger partial charge in [0, 0.05) is 13.0 Å². The van der Waals surface area contributed by atoms with E-state index in [1.54, 1.807) is 0 Å². The van der Waals surface area contributed by atoms with E-state index in [2.05, 4.69) is 4.99 Å². The predicted octanol–water partition coefficient (Wildman–Crippen LogP) is 0.383. The summed E-state index contributed by atoms with van der Waals surface area (Å²) in [5, 5.41) is 0. The average molecular weight is 180 g/mol. The van der Waals surface area contributed by atoms with Gasteiger partial charge in [0.1, 0.15) is 5.84 Å². The number of fused-ring (bicyclic) bond motifs is 2. The molecule has 13 heavy (non-hydrogen) atoms. The number of amidine groups is 1. The predicted molar refractivity (Wildman–Crippen MR) is 46.2 cm³/mol. The van der Waals surface area contributed by atoms with Crippen LogP contribution < -0.4 is 0 Å². The molecule has 2 saturated heterocycles. The molecule has 2 fully saturated rings. The molecule has 3 aliphatic rings. The third-order valence-corrected chi connectivity index (χ3v) is 3.01. The highest BCUT2D eigenvalue weighted by molar-refractivity contribution is 6.02. The van der Waals surface area contributed by atoms with Crippen LogP contribution in [0.1, 0.15) is 19.3 Å². The van der Waals surface area contributed by atoms with Crippen LogP contribution in [0.4, 0.5) is 0 Å². The van der Waals surface area contributed by atoms with Gasteiger partial charge in [-0.1, -0.05) is 0 Å². The molecule has 0 unspecified atom stereocenters. The second kappa shape index (κ2) is 2.54. The summed E-state index contributed by atoms with van der Waals surface area (Å²) in [6, 6.07) is 0. The first kappa shape index (κ1) is 7.50. The molecule has 0 radical (unpaired) electrons. The molecule has 0 aromatic heterocycles. The van der Waals surface area contributed by atoms with Gasteiger partial charge in [0.2, 0.25) is 5.91 Å². The summed E-state index contributed by atoms with van der Waals surface area (Å²) in [5.41, 5.74) is 0. The first-order chi connectivity index (χ1) is 6.36. The average Bonchev–Trinajstić information content (AvgIpc) is 2.71. The zero-order chi connectivity index (χ0) is 8.84. The summed E-state index contributed by atoms with van der Waals surface area (Å²) in [4.78, 5) is 18.2. The molecule has 0 aromatic carbocycles. The lowest BCUT2D eigenvalue weighted by atomic mass is 10.0. The number of nitrogens with zero attached hydrogens (tertiary/aromatic N) is 2. The van der Waals surface area contributed by atoms with Gasteiger partial charge in [-0.3, -0.25) is 4.79 Å². The smallest absolute Gasteiger partial charge is 0.235 e. The fourth-order valence-electron chi connectivity index (χ4n) is 2.33. The van der Waals surface area contributed by atoms with Crippen molar-refractivity contribution in [3.63, 3.8) is 0 Å². The van der Waals surface area contributed by atoms with E-state index >= 15 is 0 Å². The molecule has 0 saturated carbocycles. The monoisotopic (exact) mass is 180 g/mol. The molecular weight excluding hydrogens is 168 g/mol. The number of ether oxygens (including phenoxy) is 1. The van der Waals surface area contributed by atoms with E-state index in [9.17, 15) is 4.79 Å². The largest absolute Gasteiger partial charge is 0.356 e. The highest BCUT2D eigenvalue weighted by Crippen LogP contribution is 2.31. The molecule has 4 nitrogen and oxygen atoms in total. The van der Waals surface area contributed by atoms with Crippen LogP contribution in [0.15, 0.2) is 4.99 Å². The zero-order valence-electron chi connectivity index (χ0n) is 7.40. The highest BCUT2D eigenvalue weighted by Gasteiger charge is 2.43. The Kier molecular flexibility index (Phi) is 1.47. The number of hydrogen-bond acceptors (Lipinski definition) is 3. The standard InChI is InChI=1S/C9H12N2O2/c12-9-6-3-5-13-8(6)10-7-2-1-4-11(7)9/h6,8H,1-5H2/t6-,8-/m0/s1. The summed E-state index contributed by atoms with van der Waals surface area (Å²) >= 11 is 0. The molecular formula is C9H12N2O2. The lowest BCUT2D eigenvalue weighted by Gasteiger charge is -2.28. The Hall–Kier alpha value is -0.900. The topological polar surface area (TPSA) is 41.9 Å². The molecule has 1 amide bonds. The van der Waals surface area contributed by atoms with Gasteiger partial charge in [0.05, 0.1) is 12.5 Å². The van der Waals surface area contributed by atoms with Gasteiger partial charge in [0.25, 0.3) is 0 Å². The maximum atomic E-state index is 11.9. The van der Waals surface area contributed by atoms with Crippen LogP contribution in [-0.2, 0) is 9.53 Å². The Balaban J connectivity index is 1.98. The van der Waals surface area contributed by atoms with Gasteiger partial charge in [-0.15, -0.1) is 0 Å². The fourth-order valence-corrected chi connectivity index (χ4v) is 2.33. The van der Waals surface area contributed by atoms with Crippen molar-refractivity contribution in [2.45, 2.75) is 25.5 Å². The number of aliphatic imine (C=N–C) groups is 1. The Morgan fingerprint density at radius 1 is 1.54 bits per heavy atom. The number of carbonyl (C=O) groups excluding carboxylic acids is 1. The van der Waals surface area contributed by atoms with Crippen molar-refractivity contribution in [1.29, 1.82) is 0 Å². The molecule has 0 aliphatic carbocycles. The third-order valence-electron chi connectivity index (χ3n) is 3.01. The van der Waals surface area contributed by atoms with Gasteiger partial charge < -0.3 is 9.64 Å². The lowest BCUT2D eigenvalue weighted by molar-refractivity contribution is -0.133. The molecule has 0 bridgehead atoms. The molecule has 3 aliphatic heterocycles. The van der Waals surface area contributed by atoms with Crippen LogP contribution in [0, 0.1) is 5.92 Å². The molecule has 0 N–H and O–H groups in total. The fraction of sp³-hybridized carbons (Fsp3) is 0.778. The van der Waals surface area contributed by atoms with Crippen molar-refractivity contribution >= 4 is 11.7 Å². The molecule has 0 spiro atoms. The highest BCUT2D eigenvalue weighted by atomic mass is 16.5. The summed E-state index contributed by atoms with van der Waals surface area (Å²) in [6.45, 7) is 1.55. The second-order valence-electron chi connectivity index (χ2n) is 3.80. The maximum Gasteiger partial charge on any atom is 0.235 e. The van der Waals surface area contributed by atoms with Gasteiger partial charge >= 0.3 is 0 Å². The Labute approximate surface area is 76.6 Å². The minimum absolute atomic E-state index is 0.0156. The lowest BCUT2D eigenvalue weighted by Crippen LogP contribution is -2.44. The number of carbonyl (C=O) groups is 1. The van der Waals surface area contributed by atoms with Crippen LogP contribution in [0.3, 0.4) is 0 Å². The van der Waals surface area contributed by atoms with Crippen LogP contribution in [-0.4, -0.2) is 36.0 Å². The van der Waals surface area contributed by atoms with Crippen molar-refractivity contribution < 1.29 is 9.53 Å². The van der Waals surface area contributed by atoms with Crippen molar-refractivity contribution in [3.05, 3.63) is 0 Å². The van der Waals surface area contributed by atoms with Crippen LogP contribution in [0.25, 0.3) is 0 Å². The van der Waals surface area contributed by atoms with Crippen molar-refractivity contribution in [2.75, 3.05) is 13.2 Å². The first-order valence-corrected chi connectivity index (χ1v) is 4.86. The first-order valence-electron chi connectivity index (χ1n) is 4.86. The van der Waals surface area contributed by atoms with E-state index in [0.717, 1.165) is 31.6 Å². The van der Waals surface area contributed by atoms with Crippen molar-refractivity contribution in [2.24, 2.45) is 10.9 Å². The van der Waals surface area contributed by atoms with E-state index in [0.29, 0.717) is 6.61 Å².